The lowest BCUT2D eigenvalue weighted by Gasteiger charge is -2.17. The molecular weight excluding hydrogens is 348 g/mol. The van der Waals surface area contributed by atoms with E-state index in [1.54, 1.807) is 0 Å². The molecule has 0 radical (unpaired) electrons. The number of hydrogen-bond donors (Lipinski definition) is 0. The van der Waals surface area contributed by atoms with E-state index in [1.807, 2.05) is 0 Å². The van der Waals surface area contributed by atoms with Gasteiger partial charge in [-0.15, -0.1) is 0 Å². The van der Waals surface area contributed by atoms with Crippen LogP contribution in [-0.2, 0) is 0 Å². The second-order valence-electron chi connectivity index (χ2n) is 9.95. The summed E-state index contributed by atoms with van der Waals surface area (Å²) in [6, 6.07) is 0. The normalized spacial score (nSPS) is 12.5. The van der Waals surface area contributed by atoms with E-state index in [1.165, 1.54) is 161 Å². The van der Waals surface area contributed by atoms with Crippen molar-refractivity contribution < 1.29 is 0 Å². The molecule has 0 aromatic rings. The highest BCUT2D eigenvalue weighted by Crippen LogP contribution is 2.24. The van der Waals surface area contributed by atoms with Crippen LogP contribution < -0.4 is 0 Å². The molecule has 0 aromatic heterocycles. The van der Waals surface area contributed by atoms with Gasteiger partial charge in [-0.3, -0.25) is 0 Å². The molecule has 0 amide bonds. The predicted octanol–water partition coefficient (Wildman–Crippen LogP) is 11.4. The van der Waals surface area contributed by atoms with Crippen LogP contribution in [0.3, 0.4) is 0 Å². The van der Waals surface area contributed by atoms with Crippen LogP contribution in [-0.4, -0.2) is 0 Å². The molecule has 0 heteroatoms. The van der Waals surface area contributed by atoms with Crippen molar-refractivity contribution in [2.75, 3.05) is 0 Å². The quantitative estimate of drug-likeness (QED) is 0.132. The second kappa shape index (κ2) is 26.0. The molecule has 0 aliphatic heterocycles. The number of hydrogen-bond acceptors (Lipinski definition) is 0. The Bertz CT molecular complexity index is 269. The Hall–Kier alpha value is 0. The van der Waals surface area contributed by atoms with Crippen LogP contribution in [0.2, 0.25) is 0 Å². The molecule has 0 aromatic carbocycles. The lowest BCUT2D eigenvalue weighted by molar-refractivity contribution is 0.367. The fourth-order valence-corrected chi connectivity index (χ4v) is 4.78. The van der Waals surface area contributed by atoms with Crippen LogP contribution in [0.5, 0.6) is 0 Å². The Labute approximate surface area is 187 Å². The van der Waals surface area contributed by atoms with Gasteiger partial charge >= 0.3 is 0 Å². The average Bonchev–Trinajstić information content (AvgIpc) is 2.73. The Kier molecular flexibility index (Phi) is 26.0. The Balaban J connectivity index is 3.61. The molecule has 0 saturated heterocycles. The van der Waals surface area contributed by atoms with Crippen molar-refractivity contribution in [3.63, 3.8) is 0 Å². The highest BCUT2D eigenvalue weighted by molar-refractivity contribution is 4.62. The molecule has 0 nitrogen and oxygen atoms in total. The lowest BCUT2D eigenvalue weighted by Crippen LogP contribution is -2.01. The van der Waals surface area contributed by atoms with Crippen LogP contribution in [0.25, 0.3) is 0 Å². The Morgan fingerprint density at radius 3 is 0.793 bits per heavy atom. The van der Waals surface area contributed by atoms with Gasteiger partial charge in [0, 0.05) is 0 Å². The van der Waals surface area contributed by atoms with Crippen LogP contribution in [0.15, 0.2) is 0 Å². The third-order valence-electron chi connectivity index (χ3n) is 6.90. The molecule has 0 rings (SSSR count). The first-order valence-electron chi connectivity index (χ1n) is 14.3. The first kappa shape index (κ1) is 29.0. The van der Waals surface area contributed by atoms with E-state index in [0.717, 1.165) is 5.92 Å². The van der Waals surface area contributed by atoms with Crippen molar-refractivity contribution in [3.8, 4) is 0 Å². The smallest absolute Gasteiger partial charge is 0.0414 e. The fraction of sp³-hybridized carbons (Fsp3) is 1.00. The maximum atomic E-state index is 2.35. The molecule has 0 aliphatic rings. The second-order valence-corrected chi connectivity index (χ2v) is 9.95. The van der Waals surface area contributed by atoms with Crippen molar-refractivity contribution in [2.45, 2.75) is 181 Å². The van der Waals surface area contributed by atoms with Crippen molar-refractivity contribution in [2.24, 2.45) is 5.92 Å². The molecule has 1 atom stereocenters. The average molecular weight is 409 g/mol. The van der Waals surface area contributed by atoms with Gasteiger partial charge in [0.25, 0.3) is 0 Å². The summed E-state index contributed by atoms with van der Waals surface area (Å²) in [6.07, 6.45) is 36.8. The molecule has 0 bridgehead atoms. The minimum atomic E-state index is 1.04. The van der Waals surface area contributed by atoms with E-state index < -0.39 is 0 Å². The molecule has 0 fully saturated rings. The van der Waals surface area contributed by atoms with Gasteiger partial charge in [-0.25, -0.2) is 0 Å². The maximum absolute atomic E-state index is 2.35. The summed E-state index contributed by atoms with van der Waals surface area (Å²) in [4.78, 5) is 0. The summed E-state index contributed by atoms with van der Waals surface area (Å²) < 4.78 is 0. The zero-order chi connectivity index (χ0) is 21.3. The third kappa shape index (κ3) is 24.1. The van der Waals surface area contributed by atoms with Gasteiger partial charge in [0.05, 0.1) is 0 Å². The molecule has 0 N–H and O–H groups in total. The van der Waals surface area contributed by atoms with Crippen molar-refractivity contribution in [1.29, 1.82) is 0 Å². The van der Waals surface area contributed by atoms with E-state index >= 15 is 0 Å². The van der Waals surface area contributed by atoms with Crippen LogP contribution >= 0.6 is 0 Å². The number of rotatable bonds is 25. The molecule has 0 saturated carbocycles. The third-order valence-corrected chi connectivity index (χ3v) is 6.90. The largest absolute Gasteiger partial charge is 0.0654 e. The van der Waals surface area contributed by atoms with E-state index in [2.05, 4.69) is 20.8 Å². The molecule has 0 heterocycles. The van der Waals surface area contributed by atoms with Crippen molar-refractivity contribution in [3.05, 3.63) is 0 Å². The highest BCUT2D eigenvalue weighted by atomic mass is 14.1. The van der Waals surface area contributed by atoms with E-state index in [9.17, 15) is 0 Å². The van der Waals surface area contributed by atoms with Gasteiger partial charge in [0.2, 0.25) is 0 Å². The first-order chi connectivity index (χ1) is 14.3. The molecule has 0 aliphatic carbocycles. The van der Waals surface area contributed by atoms with E-state index in [0.29, 0.717) is 0 Å². The molecule has 176 valence electrons. The summed E-state index contributed by atoms with van der Waals surface area (Å²) in [5, 5.41) is 0. The fourth-order valence-electron chi connectivity index (χ4n) is 4.78. The van der Waals surface area contributed by atoms with Crippen LogP contribution in [0.4, 0.5) is 0 Å². The Morgan fingerprint density at radius 1 is 0.276 bits per heavy atom. The van der Waals surface area contributed by atoms with E-state index in [-0.39, 0.29) is 0 Å². The van der Waals surface area contributed by atoms with Crippen molar-refractivity contribution in [1.82, 2.24) is 0 Å². The van der Waals surface area contributed by atoms with Crippen LogP contribution in [0.1, 0.15) is 181 Å². The van der Waals surface area contributed by atoms with Gasteiger partial charge in [-0.2, -0.15) is 0 Å². The van der Waals surface area contributed by atoms with Gasteiger partial charge in [0.1, 0.15) is 0 Å². The summed E-state index contributed by atoms with van der Waals surface area (Å²) in [7, 11) is 0. The van der Waals surface area contributed by atoms with Gasteiger partial charge < -0.3 is 0 Å². The first-order valence-corrected chi connectivity index (χ1v) is 14.3. The maximum Gasteiger partial charge on any atom is -0.0414 e. The van der Waals surface area contributed by atoms with Crippen LogP contribution in [0, 0.1) is 5.92 Å². The number of unbranched alkanes of at least 4 members (excludes halogenated alkanes) is 19. The standard InChI is InChI=1S/C29H60/c1-4-7-10-12-14-16-18-20-22-25-28-29(26-23-9-6-3)27-24-21-19-17-15-13-11-8-5-2/h29H,4-28H2,1-3H3. The van der Waals surface area contributed by atoms with Gasteiger partial charge in [0.15, 0.2) is 0 Å². The minimum Gasteiger partial charge on any atom is -0.0654 e. The van der Waals surface area contributed by atoms with Gasteiger partial charge in [-0.05, 0) is 5.92 Å². The summed E-state index contributed by atoms with van der Waals surface area (Å²) in [6.45, 7) is 6.97. The topological polar surface area (TPSA) is 0 Å². The predicted molar refractivity (Wildman–Crippen MR) is 136 cm³/mol. The zero-order valence-electron chi connectivity index (χ0n) is 21.3. The van der Waals surface area contributed by atoms with E-state index in [4.69, 9.17) is 0 Å². The summed E-state index contributed by atoms with van der Waals surface area (Å²) >= 11 is 0. The SMILES string of the molecule is CCCCCCCCCCCCC(CCCCC)CCCCCCCCCCC. The molecule has 1 unspecified atom stereocenters. The minimum absolute atomic E-state index is 1.04. The monoisotopic (exact) mass is 408 g/mol. The molecule has 0 spiro atoms. The zero-order valence-corrected chi connectivity index (χ0v) is 21.3. The summed E-state index contributed by atoms with van der Waals surface area (Å²) in [5.41, 5.74) is 0. The van der Waals surface area contributed by atoms with Crippen molar-refractivity contribution >= 4 is 0 Å². The Morgan fingerprint density at radius 2 is 0.483 bits per heavy atom. The highest BCUT2D eigenvalue weighted by Gasteiger charge is 2.08. The molecule has 29 heavy (non-hydrogen) atoms. The molecular formula is C29H60. The van der Waals surface area contributed by atoms with Gasteiger partial charge in [-0.1, -0.05) is 181 Å². The lowest BCUT2D eigenvalue weighted by atomic mass is 9.89. The summed E-state index contributed by atoms with van der Waals surface area (Å²) in [5.74, 6) is 1.04.